The highest BCUT2D eigenvalue weighted by atomic mass is 16.5. The molecule has 0 fully saturated rings. The third kappa shape index (κ3) is 3.85. The Kier molecular flexibility index (Phi) is 4.85. The fourth-order valence-electron chi connectivity index (χ4n) is 1.61. The summed E-state index contributed by atoms with van der Waals surface area (Å²) in [7, 11) is 1.59. The van der Waals surface area contributed by atoms with Crippen LogP contribution < -0.4 is 5.32 Å². The predicted molar refractivity (Wildman–Crippen MR) is 64.2 cm³/mol. The minimum Gasteiger partial charge on any atom is -0.480 e. The van der Waals surface area contributed by atoms with Gasteiger partial charge in [0.1, 0.15) is 6.04 Å². The SMILES string of the molecule is CCC(C(=O)O)N(C)CC(=O)Nc1cc(C)no1. The lowest BCUT2D eigenvalue weighted by Gasteiger charge is -2.22. The molecule has 0 radical (unpaired) electrons. The monoisotopic (exact) mass is 255 g/mol. The summed E-state index contributed by atoms with van der Waals surface area (Å²) in [6.07, 6.45) is 0.431. The minimum absolute atomic E-state index is 0.0233. The molecule has 7 nitrogen and oxygen atoms in total. The number of carboxylic acids is 1. The molecule has 1 rings (SSSR count). The van der Waals surface area contributed by atoms with E-state index < -0.39 is 12.0 Å². The molecule has 0 aliphatic carbocycles. The smallest absolute Gasteiger partial charge is 0.320 e. The van der Waals surface area contributed by atoms with Gasteiger partial charge in [0.2, 0.25) is 11.8 Å². The van der Waals surface area contributed by atoms with Crippen molar-refractivity contribution in [3.63, 3.8) is 0 Å². The third-order valence-corrected chi connectivity index (χ3v) is 2.49. The first kappa shape index (κ1) is 14.2. The molecule has 0 aliphatic rings. The lowest BCUT2D eigenvalue weighted by molar-refractivity contribution is -0.143. The van der Waals surface area contributed by atoms with Gasteiger partial charge in [-0.25, -0.2) is 0 Å². The Morgan fingerprint density at radius 3 is 2.72 bits per heavy atom. The summed E-state index contributed by atoms with van der Waals surface area (Å²) in [5, 5.41) is 15.1. The van der Waals surface area contributed by atoms with Gasteiger partial charge in [0.05, 0.1) is 12.2 Å². The molecule has 0 aromatic carbocycles. The molecular weight excluding hydrogens is 238 g/mol. The number of hydrogen-bond donors (Lipinski definition) is 2. The van der Waals surface area contributed by atoms with Crippen LogP contribution >= 0.6 is 0 Å². The van der Waals surface area contributed by atoms with Gasteiger partial charge in [-0.05, 0) is 20.4 Å². The quantitative estimate of drug-likeness (QED) is 0.777. The highest BCUT2D eigenvalue weighted by Gasteiger charge is 2.22. The van der Waals surface area contributed by atoms with Crippen LogP contribution in [0, 0.1) is 6.92 Å². The standard InChI is InChI=1S/C11H17N3O4/c1-4-8(11(16)17)14(3)6-9(15)12-10-5-7(2)13-18-10/h5,8H,4,6H2,1-3H3,(H,12,15)(H,16,17). The van der Waals surface area contributed by atoms with Crippen molar-refractivity contribution in [2.24, 2.45) is 0 Å². The van der Waals surface area contributed by atoms with Crippen LogP contribution in [0.4, 0.5) is 5.88 Å². The number of likely N-dealkylation sites (N-methyl/N-ethyl adjacent to an activating group) is 1. The van der Waals surface area contributed by atoms with E-state index in [2.05, 4.69) is 10.5 Å². The molecule has 0 saturated heterocycles. The van der Waals surface area contributed by atoms with Crippen molar-refractivity contribution in [1.29, 1.82) is 0 Å². The molecule has 1 aromatic rings. The first-order chi connectivity index (χ1) is 8.43. The first-order valence-corrected chi connectivity index (χ1v) is 5.60. The summed E-state index contributed by atoms with van der Waals surface area (Å²) in [5.74, 6) is -1.02. The average molecular weight is 255 g/mol. The summed E-state index contributed by atoms with van der Waals surface area (Å²) in [6, 6.07) is 0.916. The van der Waals surface area contributed by atoms with Crippen LogP contribution in [0.5, 0.6) is 0 Å². The number of carbonyl (C=O) groups is 2. The molecule has 2 N–H and O–H groups in total. The van der Waals surface area contributed by atoms with E-state index in [1.54, 1.807) is 27.0 Å². The summed E-state index contributed by atoms with van der Waals surface area (Å²) in [6.45, 7) is 3.47. The number of carbonyl (C=O) groups excluding carboxylic acids is 1. The Bertz CT molecular complexity index is 430. The Labute approximate surface area is 105 Å². The van der Waals surface area contributed by atoms with Crippen LogP contribution in [-0.4, -0.2) is 46.7 Å². The van der Waals surface area contributed by atoms with Crippen molar-refractivity contribution in [3.05, 3.63) is 11.8 Å². The van der Waals surface area contributed by atoms with E-state index in [1.807, 2.05) is 0 Å². The number of rotatable bonds is 6. The number of anilines is 1. The molecule has 0 spiro atoms. The molecule has 1 unspecified atom stereocenters. The van der Waals surface area contributed by atoms with Gasteiger partial charge in [-0.15, -0.1) is 0 Å². The summed E-state index contributed by atoms with van der Waals surface area (Å²) in [5.41, 5.74) is 0.663. The van der Waals surface area contributed by atoms with Crippen LogP contribution in [0.3, 0.4) is 0 Å². The van der Waals surface area contributed by atoms with Crippen molar-refractivity contribution in [2.75, 3.05) is 18.9 Å². The topological polar surface area (TPSA) is 95.7 Å². The van der Waals surface area contributed by atoms with E-state index in [0.29, 0.717) is 12.1 Å². The number of hydrogen-bond acceptors (Lipinski definition) is 5. The highest BCUT2D eigenvalue weighted by molar-refractivity contribution is 5.91. The summed E-state index contributed by atoms with van der Waals surface area (Å²) >= 11 is 0. The Morgan fingerprint density at radius 1 is 1.61 bits per heavy atom. The van der Waals surface area contributed by atoms with Crippen molar-refractivity contribution in [1.82, 2.24) is 10.1 Å². The maximum absolute atomic E-state index is 11.6. The minimum atomic E-state index is -0.941. The Balaban J connectivity index is 2.51. The van der Waals surface area contributed by atoms with E-state index in [1.165, 1.54) is 4.90 Å². The van der Waals surface area contributed by atoms with E-state index >= 15 is 0 Å². The van der Waals surface area contributed by atoms with E-state index in [0.717, 1.165) is 0 Å². The highest BCUT2D eigenvalue weighted by Crippen LogP contribution is 2.08. The zero-order valence-electron chi connectivity index (χ0n) is 10.6. The molecule has 0 saturated carbocycles. The maximum atomic E-state index is 11.6. The largest absolute Gasteiger partial charge is 0.480 e. The molecule has 18 heavy (non-hydrogen) atoms. The van der Waals surface area contributed by atoms with E-state index in [-0.39, 0.29) is 18.3 Å². The van der Waals surface area contributed by atoms with Crippen LogP contribution in [0.15, 0.2) is 10.6 Å². The normalized spacial score (nSPS) is 12.4. The molecule has 1 atom stereocenters. The van der Waals surface area contributed by atoms with Crippen LogP contribution in [-0.2, 0) is 9.59 Å². The van der Waals surface area contributed by atoms with Gasteiger partial charge >= 0.3 is 5.97 Å². The number of aryl methyl sites for hydroxylation is 1. The molecule has 100 valence electrons. The fraction of sp³-hybridized carbons (Fsp3) is 0.545. The van der Waals surface area contributed by atoms with Crippen LogP contribution in [0.2, 0.25) is 0 Å². The number of nitrogens with zero attached hydrogens (tertiary/aromatic N) is 2. The molecular formula is C11H17N3O4. The van der Waals surface area contributed by atoms with Gasteiger partial charge in [-0.2, -0.15) is 0 Å². The second-order valence-electron chi connectivity index (χ2n) is 4.06. The maximum Gasteiger partial charge on any atom is 0.320 e. The zero-order valence-corrected chi connectivity index (χ0v) is 10.6. The van der Waals surface area contributed by atoms with Gasteiger partial charge in [-0.1, -0.05) is 12.1 Å². The molecule has 7 heteroatoms. The van der Waals surface area contributed by atoms with Crippen molar-refractivity contribution in [3.8, 4) is 0 Å². The van der Waals surface area contributed by atoms with Gasteiger partial charge in [0.25, 0.3) is 0 Å². The van der Waals surface area contributed by atoms with Crippen molar-refractivity contribution in [2.45, 2.75) is 26.3 Å². The molecule has 0 aliphatic heterocycles. The van der Waals surface area contributed by atoms with Gasteiger partial charge < -0.3 is 9.63 Å². The predicted octanol–water partition coefficient (Wildman–Crippen LogP) is 0.717. The number of nitrogens with one attached hydrogen (secondary N) is 1. The number of aliphatic carboxylic acids is 1. The molecule has 0 bridgehead atoms. The number of amides is 1. The molecule has 1 aromatic heterocycles. The van der Waals surface area contributed by atoms with Crippen LogP contribution in [0.1, 0.15) is 19.0 Å². The lowest BCUT2D eigenvalue weighted by atomic mass is 10.2. The first-order valence-electron chi connectivity index (χ1n) is 5.60. The van der Waals surface area contributed by atoms with Crippen molar-refractivity contribution < 1.29 is 19.2 Å². The summed E-state index contributed by atoms with van der Waals surface area (Å²) in [4.78, 5) is 24.0. The fourth-order valence-corrected chi connectivity index (χ4v) is 1.61. The van der Waals surface area contributed by atoms with Gasteiger partial charge in [-0.3, -0.25) is 19.8 Å². The van der Waals surface area contributed by atoms with Crippen LogP contribution in [0.25, 0.3) is 0 Å². The number of aromatic nitrogens is 1. The van der Waals surface area contributed by atoms with E-state index in [9.17, 15) is 9.59 Å². The second kappa shape index (κ2) is 6.15. The van der Waals surface area contributed by atoms with Crippen molar-refractivity contribution >= 4 is 17.8 Å². The number of carboxylic acid groups (broad SMARTS) is 1. The Hall–Kier alpha value is -1.89. The zero-order chi connectivity index (χ0) is 13.7. The second-order valence-corrected chi connectivity index (χ2v) is 4.06. The molecule has 1 amide bonds. The molecule has 1 heterocycles. The average Bonchev–Trinajstić information content (AvgIpc) is 2.63. The van der Waals surface area contributed by atoms with Gasteiger partial charge in [0, 0.05) is 6.07 Å². The lowest BCUT2D eigenvalue weighted by Crippen LogP contribution is -2.42. The Morgan fingerprint density at radius 2 is 2.28 bits per heavy atom. The van der Waals surface area contributed by atoms with E-state index in [4.69, 9.17) is 9.63 Å². The van der Waals surface area contributed by atoms with Gasteiger partial charge in [0.15, 0.2) is 0 Å². The summed E-state index contributed by atoms with van der Waals surface area (Å²) < 4.78 is 4.83. The third-order valence-electron chi connectivity index (χ3n) is 2.49.